The van der Waals surface area contributed by atoms with Crippen molar-refractivity contribution in [3.05, 3.63) is 60.4 Å². The molecule has 2 aromatic carbocycles. The van der Waals surface area contributed by atoms with Crippen LogP contribution in [-0.2, 0) is 16.3 Å². The van der Waals surface area contributed by atoms with Gasteiger partial charge in [-0.25, -0.2) is 4.68 Å². The fraction of sp³-hybridized carbons (Fsp3) is 0.0714. The first-order valence-electron chi connectivity index (χ1n) is 6.71. The molecule has 0 unspecified atom stereocenters. The molecule has 11 heteroatoms. The highest BCUT2D eigenvalue weighted by molar-refractivity contribution is 7.87. The Kier molecular flexibility index (Phi) is 4.17. The maximum atomic E-state index is 12.7. The quantitative estimate of drug-likeness (QED) is 0.656. The Morgan fingerprint density at radius 2 is 1.80 bits per heavy atom. The van der Waals surface area contributed by atoms with E-state index in [1.165, 1.54) is 29.2 Å². The van der Waals surface area contributed by atoms with Crippen LogP contribution in [0.1, 0.15) is 5.56 Å². The molecular formula is C14H9F3N4O3S. The summed E-state index contributed by atoms with van der Waals surface area (Å²) in [6.07, 6.45) is -3.37. The van der Waals surface area contributed by atoms with E-state index in [4.69, 9.17) is 4.18 Å². The minimum atomic E-state index is -4.66. The van der Waals surface area contributed by atoms with E-state index in [0.717, 1.165) is 18.2 Å². The first-order chi connectivity index (χ1) is 11.8. The number of nitrogens with zero attached hydrogens (tertiary/aromatic N) is 4. The number of alkyl halides is 3. The largest absolute Gasteiger partial charge is 0.416 e. The summed E-state index contributed by atoms with van der Waals surface area (Å²) < 4.78 is 68.9. The van der Waals surface area contributed by atoms with Crippen molar-refractivity contribution in [3.63, 3.8) is 0 Å². The zero-order valence-electron chi connectivity index (χ0n) is 12.3. The predicted octanol–water partition coefficient (Wildman–Crippen LogP) is 2.45. The molecule has 0 saturated heterocycles. The summed E-state index contributed by atoms with van der Waals surface area (Å²) in [5, 5.41) is 10.5. The number of hydrogen-bond donors (Lipinski definition) is 0. The highest BCUT2D eigenvalue weighted by Gasteiger charge is 2.32. The molecule has 130 valence electrons. The smallest absolute Gasteiger partial charge is 0.379 e. The number of benzene rings is 2. The summed E-state index contributed by atoms with van der Waals surface area (Å²) in [4.78, 5) is -0.602. The van der Waals surface area contributed by atoms with Crippen LogP contribution in [0.4, 0.5) is 13.2 Å². The van der Waals surface area contributed by atoms with Crippen molar-refractivity contribution < 1.29 is 25.8 Å². The Bertz CT molecular complexity index is 989. The van der Waals surface area contributed by atoms with Crippen molar-refractivity contribution in [2.24, 2.45) is 0 Å². The van der Waals surface area contributed by atoms with E-state index < -0.39 is 26.8 Å². The summed E-state index contributed by atoms with van der Waals surface area (Å²) >= 11 is 0. The molecule has 0 N–H and O–H groups in total. The molecule has 0 fully saturated rings. The van der Waals surface area contributed by atoms with Crippen LogP contribution in [0.25, 0.3) is 5.69 Å². The summed E-state index contributed by atoms with van der Waals surface area (Å²) in [5.74, 6) is -0.0922. The lowest BCUT2D eigenvalue weighted by Gasteiger charge is -2.11. The van der Waals surface area contributed by atoms with Gasteiger partial charge in [-0.1, -0.05) is 12.1 Å². The van der Waals surface area contributed by atoms with Gasteiger partial charge in [0.15, 0.2) is 0 Å². The van der Waals surface area contributed by atoms with Crippen LogP contribution >= 0.6 is 0 Å². The number of aromatic nitrogens is 4. The average Bonchev–Trinajstić information content (AvgIpc) is 3.08. The molecule has 1 aromatic heterocycles. The molecule has 0 amide bonds. The van der Waals surface area contributed by atoms with E-state index >= 15 is 0 Å². The molecule has 0 aliphatic rings. The van der Waals surface area contributed by atoms with Gasteiger partial charge in [-0.15, -0.1) is 5.10 Å². The van der Waals surface area contributed by atoms with Gasteiger partial charge in [-0.3, -0.25) is 0 Å². The van der Waals surface area contributed by atoms with E-state index in [2.05, 4.69) is 15.5 Å². The third-order valence-electron chi connectivity index (χ3n) is 3.09. The van der Waals surface area contributed by atoms with Crippen LogP contribution in [0.5, 0.6) is 5.75 Å². The fourth-order valence-electron chi connectivity index (χ4n) is 1.96. The monoisotopic (exact) mass is 370 g/mol. The number of tetrazole rings is 1. The van der Waals surface area contributed by atoms with Crippen molar-refractivity contribution >= 4 is 10.1 Å². The third kappa shape index (κ3) is 3.76. The Balaban J connectivity index is 1.91. The molecule has 7 nitrogen and oxygen atoms in total. The van der Waals surface area contributed by atoms with Gasteiger partial charge < -0.3 is 4.18 Å². The zero-order valence-corrected chi connectivity index (χ0v) is 13.1. The van der Waals surface area contributed by atoms with E-state index in [1.807, 2.05) is 0 Å². The molecule has 3 rings (SSSR count). The van der Waals surface area contributed by atoms with Crippen LogP contribution in [-0.4, -0.2) is 28.6 Å². The molecule has 3 aromatic rings. The summed E-state index contributed by atoms with van der Waals surface area (Å²) in [6, 6.07) is 9.08. The SMILES string of the molecule is O=S(=O)(Oc1cccc(-n2cnnn2)c1)c1cccc(C(F)(F)F)c1. The lowest BCUT2D eigenvalue weighted by atomic mass is 10.2. The third-order valence-corrected chi connectivity index (χ3v) is 4.33. The highest BCUT2D eigenvalue weighted by atomic mass is 32.2. The maximum Gasteiger partial charge on any atom is 0.416 e. The molecule has 0 bridgehead atoms. The van der Waals surface area contributed by atoms with Crippen molar-refractivity contribution in [1.82, 2.24) is 20.2 Å². The van der Waals surface area contributed by atoms with E-state index in [1.54, 1.807) is 6.07 Å². The topological polar surface area (TPSA) is 87.0 Å². The highest BCUT2D eigenvalue weighted by Crippen LogP contribution is 2.31. The molecular weight excluding hydrogens is 361 g/mol. The standard InChI is InChI=1S/C14H9F3N4O3S/c15-14(16,17)10-3-1-6-13(7-10)25(22,23)24-12-5-2-4-11(8-12)21-9-18-19-20-21/h1-9H. The number of hydrogen-bond acceptors (Lipinski definition) is 6. The average molecular weight is 370 g/mol. The van der Waals surface area contributed by atoms with Gasteiger partial charge in [0.1, 0.15) is 17.0 Å². The second-order valence-electron chi connectivity index (χ2n) is 4.81. The molecule has 0 aliphatic heterocycles. The number of rotatable bonds is 4. The molecule has 0 spiro atoms. The van der Waals surface area contributed by atoms with Crippen LogP contribution in [0.2, 0.25) is 0 Å². The Morgan fingerprint density at radius 1 is 1.04 bits per heavy atom. The minimum Gasteiger partial charge on any atom is -0.379 e. The summed E-state index contributed by atoms with van der Waals surface area (Å²) in [5.41, 5.74) is -0.665. The summed E-state index contributed by atoms with van der Waals surface area (Å²) in [7, 11) is -4.44. The molecule has 25 heavy (non-hydrogen) atoms. The van der Waals surface area contributed by atoms with Gasteiger partial charge in [0, 0.05) is 6.07 Å². The Hall–Kier alpha value is -2.95. The second kappa shape index (κ2) is 6.16. The first-order valence-corrected chi connectivity index (χ1v) is 8.12. The van der Waals surface area contributed by atoms with Gasteiger partial charge in [-0.05, 0) is 40.8 Å². The lowest BCUT2D eigenvalue weighted by molar-refractivity contribution is -0.137. The Labute approximate surface area is 139 Å². The maximum absolute atomic E-state index is 12.7. The minimum absolute atomic E-state index is 0.0922. The zero-order chi connectivity index (χ0) is 18.1. The van der Waals surface area contributed by atoms with Crippen LogP contribution < -0.4 is 4.18 Å². The second-order valence-corrected chi connectivity index (χ2v) is 6.36. The van der Waals surface area contributed by atoms with Crippen LogP contribution in [0.3, 0.4) is 0 Å². The van der Waals surface area contributed by atoms with Crippen LogP contribution in [0.15, 0.2) is 59.8 Å². The molecule has 0 atom stereocenters. The van der Waals surface area contributed by atoms with E-state index in [-0.39, 0.29) is 5.75 Å². The van der Waals surface area contributed by atoms with Crippen molar-refractivity contribution in [2.75, 3.05) is 0 Å². The van der Waals surface area contributed by atoms with E-state index in [0.29, 0.717) is 11.8 Å². The first kappa shape index (κ1) is 16.9. The molecule has 0 saturated carbocycles. The predicted molar refractivity (Wildman–Crippen MR) is 78.4 cm³/mol. The number of halogens is 3. The van der Waals surface area contributed by atoms with Crippen molar-refractivity contribution in [2.45, 2.75) is 11.1 Å². The molecule has 0 radical (unpaired) electrons. The Morgan fingerprint density at radius 3 is 2.48 bits per heavy atom. The normalized spacial score (nSPS) is 12.1. The molecule has 0 aliphatic carbocycles. The fourth-order valence-corrected chi connectivity index (χ4v) is 2.93. The van der Waals surface area contributed by atoms with Crippen LogP contribution in [0, 0.1) is 0 Å². The van der Waals surface area contributed by atoms with E-state index in [9.17, 15) is 21.6 Å². The molecule has 1 heterocycles. The lowest BCUT2D eigenvalue weighted by Crippen LogP contribution is -2.12. The van der Waals surface area contributed by atoms with Gasteiger partial charge in [0.25, 0.3) is 0 Å². The van der Waals surface area contributed by atoms with Gasteiger partial charge in [-0.2, -0.15) is 21.6 Å². The van der Waals surface area contributed by atoms with Gasteiger partial charge in [0.2, 0.25) is 0 Å². The van der Waals surface area contributed by atoms with Gasteiger partial charge in [0.05, 0.1) is 11.3 Å². The van der Waals surface area contributed by atoms with Crippen molar-refractivity contribution in [1.29, 1.82) is 0 Å². The van der Waals surface area contributed by atoms with Crippen molar-refractivity contribution in [3.8, 4) is 11.4 Å². The summed E-state index contributed by atoms with van der Waals surface area (Å²) in [6.45, 7) is 0. The van der Waals surface area contributed by atoms with Gasteiger partial charge >= 0.3 is 16.3 Å².